The molecular formula is C18H29NO3S. The molecule has 2 rings (SSSR count). The van der Waals surface area contributed by atoms with Gasteiger partial charge in [-0.3, -0.25) is 0 Å². The molecule has 4 nitrogen and oxygen atoms in total. The molecule has 23 heavy (non-hydrogen) atoms. The first kappa shape index (κ1) is 18.3. The molecular weight excluding hydrogens is 310 g/mol. The van der Waals surface area contributed by atoms with Gasteiger partial charge in [0.1, 0.15) is 5.75 Å². The average molecular weight is 340 g/mol. The summed E-state index contributed by atoms with van der Waals surface area (Å²) in [6.45, 7) is 8.30. The number of piperidine rings is 1. The lowest BCUT2D eigenvalue weighted by atomic mass is 9.94. The van der Waals surface area contributed by atoms with Gasteiger partial charge in [0.2, 0.25) is 10.0 Å². The first-order valence-electron chi connectivity index (χ1n) is 8.66. The van der Waals surface area contributed by atoms with E-state index in [-0.39, 0.29) is 0 Å². The molecule has 1 aromatic rings. The predicted molar refractivity (Wildman–Crippen MR) is 93.2 cm³/mol. The predicted octanol–water partition coefficient (Wildman–Crippen LogP) is 3.92. The van der Waals surface area contributed by atoms with Crippen LogP contribution in [0.3, 0.4) is 0 Å². The third-order valence-corrected chi connectivity index (χ3v) is 6.16. The van der Waals surface area contributed by atoms with Gasteiger partial charge in [0.25, 0.3) is 0 Å². The summed E-state index contributed by atoms with van der Waals surface area (Å²) in [6, 6.07) is 6.84. The minimum Gasteiger partial charge on any atom is -0.494 e. The van der Waals surface area contributed by atoms with Crippen molar-refractivity contribution >= 4 is 10.0 Å². The van der Waals surface area contributed by atoms with Crippen LogP contribution >= 0.6 is 0 Å². The van der Waals surface area contributed by atoms with Crippen molar-refractivity contribution in [1.29, 1.82) is 0 Å². The number of benzene rings is 1. The monoisotopic (exact) mass is 339 g/mol. The molecule has 0 saturated carbocycles. The number of sulfonamides is 1. The minimum absolute atomic E-state index is 0.361. The third-order valence-electron chi connectivity index (χ3n) is 4.31. The Hall–Kier alpha value is -1.07. The van der Waals surface area contributed by atoms with Gasteiger partial charge in [-0.2, -0.15) is 4.31 Å². The van der Waals surface area contributed by atoms with Gasteiger partial charge in [-0.05, 0) is 48.9 Å². The standard InChI is InChI=1S/C18H29NO3S/c1-4-5-6-11-22-17-7-9-18(10-8-17)23(20,21)19-13-15(2)12-16(3)14-19/h7-10,15-16H,4-6,11-14H2,1-3H3/t15-,16+. The Balaban J connectivity index is 2.02. The van der Waals surface area contributed by atoms with Crippen LogP contribution in [0.1, 0.15) is 46.5 Å². The zero-order valence-corrected chi connectivity index (χ0v) is 15.3. The first-order chi connectivity index (χ1) is 10.9. The summed E-state index contributed by atoms with van der Waals surface area (Å²) in [5.74, 6) is 1.56. The van der Waals surface area contributed by atoms with Crippen LogP contribution in [0.15, 0.2) is 29.2 Å². The number of rotatable bonds is 7. The molecule has 1 heterocycles. The number of unbranched alkanes of at least 4 members (excludes halogenated alkanes) is 2. The van der Waals surface area contributed by atoms with E-state index in [0.29, 0.717) is 36.4 Å². The van der Waals surface area contributed by atoms with Crippen LogP contribution in [0.5, 0.6) is 5.75 Å². The van der Waals surface area contributed by atoms with E-state index in [1.165, 1.54) is 0 Å². The molecule has 0 bridgehead atoms. The van der Waals surface area contributed by atoms with Gasteiger partial charge in [-0.1, -0.05) is 33.6 Å². The fourth-order valence-electron chi connectivity index (χ4n) is 3.20. The largest absolute Gasteiger partial charge is 0.494 e. The van der Waals surface area contributed by atoms with Crippen molar-refractivity contribution in [2.75, 3.05) is 19.7 Å². The second kappa shape index (κ2) is 8.15. The van der Waals surface area contributed by atoms with Crippen LogP contribution in [0.25, 0.3) is 0 Å². The van der Waals surface area contributed by atoms with Crippen molar-refractivity contribution in [2.24, 2.45) is 11.8 Å². The number of ether oxygens (including phenoxy) is 1. The van der Waals surface area contributed by atoms with E-state index >= 15 is 0 Å². The Bertz CT molecular complexity index is 573. The SMILES string of the molecule is CCCCCOc1ccc(S(=O)(=O)N2C[C@H](C)C[C@H](C)C2)cc1. The molecule has 0 unspecified atom stereocenters. The molecule has 0 N–H and O–H groups in total. The molecule has 0 spiro atoms. The highest BCUT2D eigenvalue weighted by Crippen LogP contribution is 2.27. The highest BCUT2D eigenvalue weighted by Gasteiger charge is 2.31. The van der Waals surface area contributed by atoms with Gasteiger partial charge in [0.05, 0.1) is 11.5 Å². The molecule has 1 aromatic carbocycles. The average Bonchev–Trinajstić information content (AvgIpc) is 2.51. The molecule has 2 atom stereocenters. The fraction of sp³-hybridized carbons (Fsp3) is 0.667. The number of hydrogen-bond acceptors (Lipinski definition) is 3. The maximum Gasteiger partial charge on any atom is 0.243 e. The lowest BCUT2D eigenvalue weighted by molar-refractivity contribution is 0.222. The topological polar surface area (TPSA) is 46.6 Å². The smallest absolute Gasteiger partial charge is 0.243 e. The van der Waals surface area contributed by atoms with E-state index in [1.54, 1.807) is 28.6 Å². The molecule has 1 aliphatic heterocycles. The van der Waals surface area contributed by atoms with Gasteiger partial charge < -0.3 is 4.74 Å². The Morgan fingerprint density at radius 2 is 1.70 bits per heavy atom. The molecule has 0 radical (unpaired) electrons. The lowest BCUT2D eigenvalue weighted by Gasteiger charge is -2.34. The van der Waals surface area contributed by atoms with Crippen molar-refractivity contribution < 1.29 is 13.2 Å². The summed E-state index contributed by atoms with van der Waals surface area (Å²) < 4.78 is 32.8. The summed E-state index contributed by atoms with van der Waals surface area (Å²) in [7, 11) is -3.40. The summed E-state index contributed by atoms with van der Waals surface area (Å²) >= 11 is 0. The maximum absolute atomic E-state index is 12.8. The maximum atomic E-state index is 12.8. The second-order valence-corrected chi connectivity index (χ2v) is 8.73. The molecule has 0 aromatic heterocycles. The van der Waals surface area contributed by atoms with Crippen molar-refractivity contribution in [3.8, 4) is 5.75 Å². The van der Waals surface area contributed by atoms with Crippen molar-refractivity contribution in [1.82, 2.24) is 4.31 Å². The van der Waals surface area contributed by atoms with Gasteiger partial charge in [0, 0.05) is 13.1 Å². The number of hydrogen-bond donors (Lipinski definition) is 0. The molecule has 1 fully saturated rings. The Labute approximate surface area is 140 Å². The van der Waals surface area contributed by atoms with Crippen LogP contribution in [-0.4, -0.2) is 32.4 Å². The van der Waals surface area contributed by atoms with Crippen LogP contribution in [0, 0.1) is 11.8 Å². The Morgan fingerprint density at radius 1 is 1.09 bits per heavy atom. The Morgan fingerprint density at radius 3 is 2.26 bits per heavy atom. The minimum atomic E-state index is -3.40. The van der Waals surface area contributed by atoms with E-state index in [0.717, 1.165) is 31.4 Å². The van der Waals surface area contributed by atoms with Crippen molar-refractivity contribution in [3.05, 3.63) is 24.3 Å². The second-order valence-electron chi connectivity index (χ2n) is 6.80. The summed E-state index contributed by atoms with van der Waals surface area (Å²) in [4.78, 5) is 0.361. The summed E-state index contributed by atoms with van der Waals surface area (Å²) in [5, 5.41) is 0. The van der Waals surface area contributed by atoms with Gasteiger partial charge >= 0.3 is 0 Å². The zero-order valence-electron chi connectivity index (χ0n) is 14.5. The van der Waals surface area contributed by atoms with E-state index in [2.05, 4.69) is 20.8 Å². The first-order valence-corrected chi connectivity index (χ1v) is 10.1. The van der Waals surface area contributed by atoms with Crippen LogP contribution in [-0.2, 0) is 10.0 Å². The molecule has 0 aliphatic carbocycles. The van der Waals surface area contributed by atoms with E-state index < -0.39 is 10.0 Å². The van der Waals surface area contributed by atoms with Gasteiger partial charge in [-0.25, -0.2) is 8.42 Å². The molecule has 0 amide bonds. The van der Waals surface area contributed by atoms with Gasteiger partial charge in [-0.15, -0.1) is 0 Å². The molecule has 5 heteroatoms. The summed E-state index contributed by atoms with van der Waals surface area (Å²) in [6.07, 6.45) is 4.43. The molecule has 1 aliphatic rings. The highest BCUT2D eigenvalue weighted by atomic mass is 32.2. The van der Waals surface area contributed by atoms with Crippen LogP contribution < -0.4 is 4.74 Å². The van der Waals surface area contributed by atoms with E-state index in [9.17, 15) is 8.42 Å². The Kier molecular flexibility index (Phi) is 6.48. The zero-order chi connectivity index (χ0) is 16.9. The van der Waals surface area contributed by atoms with Crippen molar-refractivity contribution in [3.63, 3.8) is 0 Å². The normalized spacial score (nSPS) is 22.9. The molecule has 1 saturated heterocycles. The van der Waals surface area contributed by atoms with Crippen LogP contribution in [0.4, 0.5) is 0 Å². The third kappa shape index (κ3) is 4.95. The van der Waals surface area contributed by atoms with Crippen molar-refractivity contribution in [2.45, 2.75) is 51.3 Å². The quantitative estimate of drug-likeness (QED) is 0.707. The fourth-order valence-corrected chi connectivity index (χ4v) is 4.88. The van der Waals surface area contributed by atoms with E-state index in [1.807, 2.05) is 0 Å². The van der Waals surface area contributed by atoms with Gasteiger partial charge in [0.15, 0.2) is 0 Å². The lowest BCUT2D eigenvalue weighted by Crippen LogP contribution is -2.42. The summed E-state index contributed by atoms with van der Waals surface area (Å²) in [5.41, 5.74) is 0. The van der Waals surface area contributed by atoms with Crippen LogP contribution in [0.2, 0.25) is 0 Å². The number of nitrogens with zero attached hydrogens (tertiary/aromatic N) is 1. The van der Waals surface area contributed by atoms with E-state index in [4.69, 9.17) is 4.74 Å². The highest BCUT2D eigenvalue weighted by molar-refractivity contribution is 7.89. The molecule has 130 valence electrons.